The zero-order valence-electron chi connectivity index (χ0n) is 14.3. The van der Waals surface area contributed by atoms with Crippen molar-refractivity contribution in [3.8, 4) is 6.07 Å². The molecule has 0 unspecified atom stereocenters. The highest BCUT2D eigenvalue weighted by atomic mass is 32.1. The standard InChI is InChI=1S/C21H22N2OS/c22-12-16(20-23-17-3-1-2-4-19(17)25-20)18(24)11-21-8-13-5-14(9-21)7-15(6-13)10-21/h1-4,13-16H,5-11H2/t13?,14?,15?,16-,21?/m0/s1. The normalized spacial score (nSPS) is 34.1. The van der Waals surface area contributed by atoms with E-state index < -0.39 is 5.92 Å². The number of hydrogen-bond donors (Lipinski definition) is 0. The third-order valence-electron chi connectivity index (χ3n) is 6.72. The molecule has 2 aromatic rings. The van der Waals surface area contributed by atoms with Gasteiger partial charge in [-0.15, -0.1) is 11.3 Å². The average molecular weight is 350 g/mol. The van der Waals surface area contributed by atoms with E-state index >= 15 is 0 Å². The van der Waals surface area contributed by atoms with Crippen molar-refractivity contribution in [1.29, 1.82) is 5.26 Å². The van der Waals surface area contributed by atoms with Crippen LogP contribution in [0.5, 0.6) is 0 Å². The van der Waals surface area contributed by atoms with Crippen molar-refractivity contribution >= 4 is 27.3 Å². The fraction of sp³-hybridized carbons (Fsp3) is 0.571. The Labute approximate surface area is 152 Å². The maximum absolute atomic E-state index is 13.1. The number of carbonyl (C=O) groups excluding carboxylic acids is 1. The summed E-state index contributed by atoms with van der Waals surface area (Å²) in [5.74, 6) is 1.92. The first-order chi connectivity index (χ1) is 12.1. The Kier molecular flexibility index (Phi) is 3.50. The maximum atomic E-state index is 13.1. The molecule has 1 aromatic heterocycles. The molecule has 6 rings (SSSR count). The van der Waals surface area contributed by atoms with Gasteiger partial charge in [0, 0.05) is 6.42 Å². The molecule has 3 nitrogen and oxygen atoms in total. The first-order valence-corrected chi connectivity index (χ1v) is 10.2. The third-order valence-corrected chi connectivity index (χ3v) is 7.82. The first kappa shape index (κ1) is 15.5. The summed E-state index contributed by atoms with van der Waals surface area (Å²) in [5.41, 5.74) is 1.09. The number of ketones is 1. The lowest BCUT2D eigenvalue weighted by molar-refractivity contribution is -0.127. The molecule has 4 aliphatic rings. The van der Waals surface area contributed by atoms with Gasteiger partial charge >= 0.3 is 0 Å². The van der Waals surface area contributed by atoms with Gasteiger partial charge in [-0.1, -0.05) is 12.1 Å². The van der Waals surface area contributed by atoms with Gasteiger partial charge in [0.15, 0.2) is 11.7 Å². The van der Waals surface area contributed by atoms with E-state index in [1.807, 2.05) is 24.3 Å². The molecule has 25 heavy (non-hydrogen) atoms. The molecule has 128 valence electrons. The largest absolute Gasteiger partial charge is 0.298 e. The van der Waals surface area contributed by atoms with E-state index in [1.54, 1.807) is 0 Å². The molecule has 1 atom stereocenters. The molecule has 4 fully saturated rings. The zero-order chi connectivity index (χ0) is 17.0. The molecule has 4 saturated carbocycles. The highest BCUT2D eigenvalue weighted by Gasteiger charge is 2.51. The Morgan fingerprint density at radius 2 is 1.84 bits per heavy atom. The highest BCUT2D eigenvalue weighted by Crippen LogP contribution is 2.61. The Morgan fingerprint density at radius 3 is 2.44 bits per heavy atom. The molecule has 0 aliphatic heterocycles. The minimum absolute atomic E-state index is 0.100. The second kappa shape index (κ2) is 5.64. The van der Waals surface area contributed by atoms with Gasteiger partial charge in [-0.05, 0) is 73.8 Å². The van der Waals surface area contributed by atoms with Crippen LogP contribution in [0, 0.1) is 34.5 Å². The van der Waals surface area contributed by atoms with Crippen molar-refractivity contribution in [2.24, 2.45) is 23.2 Å². The van der Waals surface area contributed by atoms with Crippen molar-refractivity contribution in [1.82, 2.24) is 4.98 Å². The molecule has 0 amide bonds. The number of nitriles is 1. The topological polar surface area (TPSA) is 53.8 Å². The summed E-state index contributed by atoms with van der Waals surface area (Å²) < 4.78 is 1.06. The maximum Gasteiger partial charge on any atom is 0.157 e. The lowest BCUT2D eigenvalue weighted by Crippen LogP contribution is -2.47. The number of nitrogens with zero attached hydrogens (tertiary/aromatic N) is 2. The molecule has 4 bridgehead atoms. The molecule has 0 radical (unpaired) electrons. The Hall–Kier alpha value is -1.73. The van der Waals surface area contributed by atoms with Crippen LogP contribution in [0.25, 0.3) is 10.2 Å². The van der Waals surface area contributed by atoms with Gasteiger partial charge in [0.1, 0.15) is 5.01 Å². The van der Waals surface area contributed by atoms with Crippen molar-refractivity contribution in [3.63, 3.8) is 0 Å². The lowest BCUT2D eigenvalue weighted by atomic mass is 9.48. The molecule has 1 aromatic carbocycles. The number of benzene rings is 1. The summed E-state index contributed by atoms with van der Waals surface area (Å²) in [5, 5.41) is 10.4. The number of thiazole rings is 1. The number of hydrogen-bond acceptors (Lipinski definition) is 4. The molecule has 0 saturated heterocycles. The molecule has 1 heterocycles. The number of fused-ring (bicyclic) bond motifs is 1. The van der Waals surface area contributed by atoms with Gasteiger partial charge in [-0.25, -0.2) is 4.98 Å². The van der Waals surface area contributed by atoms with E-state index in [0.717, 1.165) is 28.0 Å². The first-order valence-electron chi connectivity index (χ1n) is 9.42. The van der Waals surface area contributed by atoms with Crippen LogP contribution in [-0.2, 0) is 4.79 Å². The summed E-state index contributed by atoms with van der Waals surface area (Å²) in [4.78, 5) is 17.7. The Morgan fingerprint density at radius 1 is 1.20 bits per heavy atom. The summed E-state index contributed by atoms with van der Waals surface area (Å²) in [6.45, 7) is 0. The smallest absolute Gasteiger partial charge is 0.157 e. The average Bonchev–Trinajstić information content (AvgIpc) is 2.97. The van der Waals surface area contributed by atoms with E-state index in [9.17, 15) is 10.1 Å². The summed E-state index contributed by atoms with van der Waals surface area (Å²) in [6, 6.07) is 10.1. The van der Waals surface area contributed by atoms with Crippen molar-refractivity contribution in [2.75, 3.05) is 0 Å². The molecule has 4 heteroatoms. The summed E-state index contributed by atoms with van der Waals surface area (Å²) >= 11 is 1.50. The number of para-hydroxylation sites is 1. The molecule has 4 aliphatic carbocycles. The number of rotatable bonds is 4. The van der Waals surface area contributed by atoms with Crippen LogP contribution in [-0.4, -0.2) is 10.8 Å². The van der Waals surface area contributed by atoms with E-state index in [2.05, 4.69) is 11.1 Å². The second-order valence-electron chi connectivity index (χ2n) is 8.64. The van der Waals surface area contributed by atoms with E-state index in [4.69, 9.17) is 0 Å². The number of carbonyl (C=O) groups is 1. The van der Waals surface area contributed by atoms with Gasteiger partial charge in [0.2, 0.25) is 0 Å². The van der Waals surface area contributed by atoms with Crippen LogP contribution in [0.4, 0.5) is 0 Å². The van der Waals surface area contributed by atoms with Crippen molar-refractivity contribution in [2.45, 2.75) is 50.9 Å². The predicted octanol–water partition coefficient (Wildman–Crippen LogP) is 5.08. The molecular weight excluding hydrogens is 328 g/mol. The van der Waals surface area contributed by atoms with E-state index in [1.165, 1.54) is 49.9 Å². The van der Waals surface area contributed by atoms with Gasteiger partial charge in [-0.3, -0.25) is 4.79 Å². The van der Waals surface area contributed by atoms with Crippen LogP contribution < -0.4 is 0 Å². The van der Waals surface area contributed by atoms with Gasteiger partial charge in [0.05, 0.1) is 16.3 Å². The Balaban J connectivity index is 1.40. The zero-order valence-corrected chi connectivity index (χ0v) is 15.1. The molecular formula is C21H22N2OS. The quantitative estimate of drug-likeness (QED) is 0.773. The fourth-order valence-corrected chi connectivity index (χ4v) is 7.29. The van der Waals surface area contributed by atoms with Crippen LogP contribution in [0.3, 0.4) is 0 Å². The lowest BCUT2D eigenvalue weighted by Gasteiger charge is -2.56. The number of aromatic nitrogens is 1. The Bertz CT molecular complexity index is 809. The number of Topliss-reactive ketones (excluding diaryl/α,β-unsaturated/α-hetero) is 1. The predicted molar refractivity (Wildman–Crippen MR) is 98.2 cm³/mol. The van der Waals surface area contributed by atoms with Crippen molar-refractivity contribution in [3.05, 3.63) is 29.3 Å². The minimum atomic E-state index is -0.689. The summed E-state index contributed by atoms with van der Waals surface area (Å²) in [7, 11) is 0. The summed E-state index contributed by atoms with van der Waals surface area (Å²) in [6.07, 6.45) is 8.37. The van der Waals surface area contributed by atoms with Gasteiger partial charge < -0.3 is 0 Å². The van der Waals surface area contributed by atoms with Gasteiger partial charge in [-0.2, -0.15) is 5.26 Å². The van der Waals surface area contributed by atoms with Crippen LogP contribution in [0.2, 0.25) is 0 Å². The van der Waals surface area contributed by atoms with Crippen LogP contribution in [0.15, 0.2) is 24.3 Å². The van der Waals surface area contributed by atoms with Crippen LogP contribution in [0.1, 0.15) is 55.9 Å². The van der Waals surface area contributed by atoms with Crippen LogP contribution >= 0.6 is 11.3 Å². The monoisotopic (exact) mass is 350 g/mol. The van der Waals surface area contributed by atoms with E-state index in [0.29, 0.717) is 11.4 Å². The highest BCUT2D eigenvalue weighted by molar-refractivity contribution is 7.18. The SMILES string of the molecule is N#C[C@@H](C(=O)CC12CC3CC(CC(C3)C1)C2)c1nc2ccccc2s1. The van der Waals surface area contributed by atoms with Crippen molar-refractivity contribution < 1.29 is 4.79 Å². The van der Waals surface area contributed by atoms with E-state index in [-0.39, 0.29) is 11.2 Å². The minimum Gasteiger partial charge on any atom is -0.298 e. The fourth-order valence-electron chi connectivity index (χ4n) is 6.26. The molecule has 0 N–H and O–H groups in total. The van der Waals surface area contributed by atoms with Gasteiger partial charge in [0.25, 0.3) is 0 Å². The third kappa shape index (κ3) is 2.60. The second-order valence-corrected chi connectivity index (χ2v) is 9.70. The molecule has 0 spiro atoms.